The van der Waals surface area contributed by atoms with E-state index >= 15 is 0 Å². The molecule has 10 heteroatoms. The molecule has 4 heterocycles. The lowest BCUT2D eigenvalue weighted by Gasteiger charge is -2.21. The molecule has 0 spiro atoms. The van der Waals surface area contributed by atoms with Gasteiger partial charge in [0.05, 0.1) is 35.6 Å². The van der Waals surface area contributed by atoms with Gasteiger partial charge in [0, 0.05) is 34.5 Å². The number of hydrazine groups is 1. The van der Waals surface area contributed by atoms with E-state index in [0.717, 1.165) is 16.5 Å². The number of carbonyl (C=O) groups excluding carboxylic acids is 1. The predicted octanol–water partition coefficient (Wildman–Crippen LogP) is 1.85. The lowest BCUT2D eigenvalue weighted by molar-refractivity contribution is -0.157. The molecule has 0 fully saturated rings. The van der Waals surface area contributed by atoms with Gasteiger partial charge in [0.2, 0.25) is 0 Å². The number of aliphatic hydroxyl groups is 1. The molecule has 9 nitrogen and oxygen atoms in total. The van der Waals surface area contributed by atoms with Crippen molar-refractivity contribution in [1.82, 2.24) is 14.6 Å². The van der Waals surface area contributed by atoms with Crippen LogP contribution in [0.2, 0.25) is 0 Å². The number of benzene rings is 1. The van der Waals surface area contributed by atoms with Gasteiger partial charge in [0.1, 0.15) is 12.4 Å². The summed E-state index contributed by atoms with van der Waals surface area (Å²) in [6, 6.07) is 4.67. The molecule has 5 N–H and O–H groups in total. The van der Waals surface area contributed by atoms with Gasteiger partial charge < -0.3 is 25.2 Å². The van der Waals surface area contributed by atoms with Crippen molar-refractivity contribution in [3.8, 4) is 11.4 Å². The smallest absolute Gasteiger partial charge is 0.340 e. The van der Waals surface area contributed by atoms with Crippen molar-refractivity contribution in [3.05, 3.63) is 74.1 Å². The Hall–Kier alpha value is -3.76. The SMILES string of the molecule is CC/C(N)=C/N(N)Cc1c2c(nc3cc(F)c(C)cc13)-c1cc3c(c(=O)n1C2)COC(=O)C3O. The van der Waals surface area contributed by atoms with Crippen LogP contribution in [0.3, 0.4) is 0 Å². The van der Waals surface area contributed by atoms with E-state index in [1.165, 1.54) is 15.6 Å². The van der Waals surface area contributed by atoms with Crippen LogP contribution >= 0.6 is 0 Å². The summed E-state index contributed by atoms with van der Waals surface area (Å²) in [6.45, 7) is 3.85. The number of aromatic nitrogens is 2. The Morgan fingerprint density at radius 2 is 2.12 bits per heavy atom. The van der Waals surface area contributed by atoms with Gasteiger partial charge in [0.25, 0.3) is 5.56 Å². The minimum atomic E-state index is -1.55. The maximum Gasteiger partial charge on any atom is 0.340 e. The molecule has 3 aromatic rings. The summed E-state index contributed by atoms with van der Waals surface area (Å²) >= 11 is 0. The third-order valence-corrected chi connectivity index (χ3v) is 6.44. The Morgan fingerprint density at radius 1 is 1.35 bits per heavy atom. The van der Waals surface area contributed by atoms with Crippen molar-refractivity contribution in [2.45, 2.75) is 46.1 Å². The first-order valence-corrected chi connectivity index (χ1v) is 10.9. The third-order valence-electron chi connectivity index (χ3n) is 6.44. The molecule has 0 amide bonds. The maximum absolute atomic E-state index is 14.5. The van der Waals surface area contributed by atoms with E-state index in [2.05, 4.69) is 4.98 Å². The fraction of sp³-hybridized carbons (Fsp3) is 0.292. The van der Waals surface area contributed by atoms with Crippen LogP contribution in [0.4, 0.5) is 4.39 Å². The lowest BCUT2D eigenvalue weighted by Crippen LogP contribution is -2.32. The summed E-state index contributed by atoms with van der Waals surface area (Å²) in [7, 11) is 0. The molecule has 0 bridgehead atoms. The van der Waals surface area contributed by atoms with Crippen LogP contribution in [0.15, 0.2) is 34.9 Å². The van der Waals surface area contributed by atoms with Crippen LogP contribution in [-0.2, 0) is 29.2 Å². The van der Waals surface area contributed by atoms with Gasteiger partial charge in [-0.2, -0.15) is 0 Å². The van der Waals surface area contributed by atoms with E-state index < -0.39 is 17.9 Å². The van der Waals surface area contributed by atoms with Crippen molar-refractivity contribution < 1.29 is 19.0 Å². The van der Waals surface area contributed by atoms with Gasteiger partial charge in [0.15, 0.2) is 6.10 Å². The Kier molecular flexibility index (Phi) is 5.14. The van der Waals surface area contributed by atoms with Crippen LogP contribution in [0, 0.1) is 12.7 Å². The van der Waals surface area contributed by atoms with Gasteiger partial charge in [-0.25, -0.2) is 20.0 Å². The van der Waals surface area contributed by atoms with E-state index in [1.54, 1.807) is 25.3 Å². The van der Waals surface area contributed by atoms with Gasteiger partial charge >= 0.3 is 5.97 Å². The molecule has 176 valence electrons. The minimum absolute atomic E-state index is 0.203. The largest absolute Gasteiger partial charge is 0.458 e. The molecule has 5 rings (SSSR count). The number of hydrogen-bond donors (Lipinski definition) is 3. The van der Waals surface area contributed by atoms with Gasteiger partial charge in [-0.3, -0.25) is 4.79 Å². The molecule has 0 saturated heterocycles. The lowest BCUT2D eigenvalue weighted by atomic mass is 9.97. The Bertz CT molecular complexity index is 1460. The Labute approximate surface area is 194 Å². The highest BCUT2D eigenvalue weighted by molar-refractivity contribution is 5.89. The summed E-state index contributed by atoms with van der Waals surface area (Å²) in [6.07, 6.45) is 0.720. The van der Waals surface area contributed by atoms with Crippen LogP contribution in [0.5, 0.6) is 0 Å². The first-order valence-electron chi connectivity index (χ1n) is 10.9. The Balaban J connectivity index is 1.75. The number of fused-ring (bicyclic) bond motifs is 5. The minimum Gasteiger partial charge on any atom is -0.458 e. The molecular formula is C24H24FN5O4. The average Bonchev–Trinajstić information content (AvgIpc) is 3.16. The highest BCUT2D eigenvalue weighted by Crippen LogP contribution is 2.38. The molecule has 1 atom stereocenters. The van der Waals surface area contributed by atoms with Crippen LogP contribution in [0.1, 0.15) is 47.3 Å². The molecule has 0 radical (unpaired) electrons. The van der Waals surface area contributed by atoms with E-state index in [0.29, 0.717) is 34.6 Å². The average molecular weight is 465 g/mol. The van der Waals surface area contributed by atoms with Crippen LogP contribution in [-0.4, -0.2) is 25.6 Å². The second-order valence-corrected chi connectivity index (χ2v) is 8.63. The summed E-state index contributed by atoms with van der Waals surface area (Å²) in [5, 5.41) is 12.5. The molecule has 1 aromatic carbocycles. The zero-order chi connectivity index (χ0) is 24.3. The van der Waals surface area contributed by atoms with E-state index in [-0.39, 0.29) is 36.4 Å². The van der Waals surface area contributed by atoms with E-state index in [4.69, 9.17) is 16.3 Å². The molecule has 2 aliphatic heterocycles. The number of carbonyl (C=O) groups is 1. The van der Waals surface area contributed by atoms with Crippen molar-refractivity contribution in [3.63, 3.8) is 0 Å². The monoisotopic (exact) mass is 465 g/mol. The molecule has 0 aliphatic carbocycles. The topological polar surface area (TPSA) is 137 Å². The van der Waals surface area contributed by atoms with E-state index in [9.17, 15) is 19.1 Å². The number of allylic oxidation sites excluding steroid dienone is 1. The third kappa shape index (κ3) is 3.34. The fourth-order valence-electron chi connectivity index (χ4n) is 4.55. The zero-order valence-corrected chi connectivity index (χ0v) is 18.8. The number of aryl methyl sites for hydroxylation is 1. The number of halogens is 1. The number of nitrogens with two attached hydrogens (primary N) is 2. The summed E-state index contributed by atoms with van der Waals surface area (Å²) < 4.78 is 20.9. The number of cyclic esters (lactones) is 1. The number of nitrogens with zero attached hydrogens (tertiary/aromatic N) is 3. The van der Waals surface area contributed by atoms with Crippen LogP contribution < -0.4 is 17.1 Å². The fourth-order valence-corrected chi connectivity index (χ4v) is 4.55. The molecular weight excluding hydrogens is 441 g/mol. The van der Waals surface area contributed by atoms with Gasteiger partial charge in [-0.05, 0) is 36.6 Å². The standard InChI is InChI=1S/C24H24FN5O4/c1-3-12(26)7-29(27)8-15-13-4-11(2)18(25)6-19(13)28-21-16(15)9-30-20(21)5-14-17(23(30)32)10-34-24(33)22(14)31/h4-7,22,31H,3,8-10,26-27H2,1-2H3/b12-7-. The number of hydrogen-bond acceptors (Lipinski definition) is 8. The second-order valence-electron chi connectivity index (χ2n) is 8.63. The second kappa shape index (κ2) is 7.93. The maximum atomic E-state index is 14.5. The number of ether oxygens (including phenoxy) is 1. The van der Waals surface area contributed by atoms with E-state index in [1.807, 2.05) is 6.92 Å². The number of pyridine rings is 2. The normalized spacial score (nSPS) is 16.8. The highest BCUT2D eigenvalue weighted by atomic mass is 19.1. The van der Waals surface area contributed by atoms with Crippen molar-refractivity contribution in [2.75, 3.05) is 0 Å². The molecule has 1 unspecified atom stereocenters. The van der Waals surface area contributed by atoms with Crippen LogP contribution in [0.25, 0.3) is 22.3 Å². The number of rotatable bonds is 4. The van der Waals surface area contributed by atoms with Crippen molar-refractivity contribution >= 4 is 16.9 Å². The summed E-state index contributed by atoms with van der Waals surface area (Å²) in [5.74, 6) is 5.03. The van der Waals surface area contributed by atoms with Gasteiger partial charge in [-0.15, -0.1) is 0 Å². The Morgan fingerprint density at radius 3 is 2.85 bits per heavy atom. The zero-order valence-electron chi connectivity index (χ0n) is 18.8. The van der Waals surface area contributed by atoms with Gasteiger partial charge in [-0.1, -0.05) is 6.92 Å². The molecule has 34 heavy (non-hydrogen) atoms. The van der Waals surface area contributed by atoms with Crippen molar-refractivity contribution in [2.24, 2.45) is 11.6 Å². The molecule has 2 aliphatic rings. The first kappa shape index (κ1) is 22.1. The number of aliphatic hydroxyl groups excluding tert-OH is 1. The predicted molar refractivity (Wildman–Crippen MR) is 122 cm³/mol. The quantitative estimate of drug-likeness (QED) is 0.236. The molecule has 0 saturated carbocycles. The molecule has 2 aromatic heterocycles. The number of esters is 1. The highest BCUT2D eigenvalue weighted by Gasteiger charge is 2.34. The summed E-state index contributed by atoms with van der Waals surface area (Å²) in [4.78, 5) is 29.8. The van der Waals surface area contributed by atoms with Crippen molar-refractivity contribution in [1.29, 1.82) is 0 Å². The summed E-state index contributed by atoms with van der Waals surface area (Å²) in [5.41, 5.74) is 9.99. The first-order chi connectivity index (χ1) is 16.2.